The van der Waals surface area contributed by atoms with Gasteiger partial charge in [-0.25, -0.2) is 0 Å². The summed E-state index contributed by atoms with van der Waals surface area (Å²) in [6.07, 6.45) is 2.33. The molecule has 244 valence electrons. The zero-order chi connectivity index (χ0) is 31.8. The minimum absolute atomic E-state index is 0. The highest BCUT2D eigenvalue weighted by atomic mass is 32.1. The highest BCUT2D eigenvalue weighted by Gasteiger charge is 2.48. The number of ether oxygens (including phenoxy) is 2. The van der Waals surface area contributed by atoms with Crippen molar-refractivity contribution < 1.29 is 28.7 Å². The number of likely N-dealkylation sites (tertiary alicyclic amines) is 1. The third-order valence-electron chi connectivity index (χ3n) is 8.97. The van der Waals surface area contributed by atoms with Gasteiger partial charge in [0, 0.05) is 25.7 Å². The maximum Gasteiger partial charge on any atom is 0.307 e. The van der Waals surface area contributed by atoms with E-state index in [1.807, 2.05) is 65.6 Å². The quantitative estimate of drug-likeness (QED) is 0.315. The first-order chi connectivity index (χ1) is 21.9. The van der Waals surface area contributed by atoms with Crippen LogP contribution in [-0.4, -0.2) is 68.0 Å². The monoisotopic (exact) mass is 645 g/mol. The molecule has 5 rings (SSSR count). The Labute approximate surface area is 277 Å². The fourth-order valence-electron chi connectivity index (χ4n) is 6.71. The molecule has 0 bridgehead atoms. The maximum atomic E-state index is 14.1. The van der Waals surface area contributed by atoms with E-state index in [2.05, 4.69) is 10.6 Å². The van der Waals surface area contributed by atoms with Gasteiger partial charge in [0.2, 0.25) is 11.8 Å². The molecule has 0 unspecified atom stereocenters. The lowest BCUT2D eigenvalue weighted by molar-refractivity contribution is -0.143. The second-order valence-electron chi connectivity index (χ2n) is 11.5. The number of nitrogens with zero attached hydrogens (tertiary/aromatic N) is 1. The second kappa shape index (κ2) is 15.8. The van der Waals surface area contributed by atoms with E-state index < -0.39 is 5.41 Å². The first-order valence-electron chi connectivity index (χ1n) is 15.7. The SMILES string of the molecule is CCOC(=O)CCNC(=O)[C@@]1(c2ccccc2)CC[C@H](C(=O)N2CCC(NC(=O)c3ccccc3OC)CC2)c2ccccc21.S. The molecule has 2 atom stereocenters. The van der Waals surface area contributed by atoms with Gasteiger partial charge in [-0.3, -0.25) is 19.2 Å². The zero-order valence-electron chi connectivity index (χ0n) is 26.4. The predicted octanol–water partition coefficient (Wildman–Crippen LogP) is 4.46. The van der Waals surface area contributed by atoms with Gasteiger partial charge in [0.15, 0.2) is 0 Å². The molecule has 1 fully saturated rings. The van der Waals surface area contributed by atoms with Gasteiger partial charge in [0.25, 0.3) is 5.91 Å². The lowest BCUT2D eigenvalue weighted by Gasteiger charge is -2.42. The van der Waals surface area contributed by atoms with Crippen molar-refractivity contribution in [2.45, 2.75) is 56.4 Å². The Hall–Kier alpha value is -4.31. The summed E-state index contributed by atoms with van der Waals surface area (Å²) < 4.78 is 10.4. The molecule has 0 aromatic heterocycles. The Morgan fingerprint density at radius 2 is 1.57 bits per heavy atom. The number of benzene rings is 3. The normalized spacial score (nSPS) is 19.2. The van der Waals surface area contributed by atoms with Gasteiger partial charge >= 0.3 is 5.97 Å². The van der Waals surface area contributed by atoms with Gasteiger partial charge in [-0.1, -0.05) is 66.7 Å². The zero-order valence-corrected chi connectivity index (χ0v) is 27.4. The van der Waals surface area contributed by atoms with Crippen LogP contribution in [0.1, 0.15) is 72.0 Å². The number of amides is 3. The van der Waals surface area contributed by atoms with Gasteiger partial charge in [-0.2, -0.15) is 13.5 Å². The van der Waals surface area contributed by atoms with Crippen LogP contribution in [0.5, 0.6) is 5.75 Å². The predicted molar refractivity (Wildman–Crippen MR) is 180 cm³/mol. The van der Waals surface area contributed by atoms with Crippen molar-refractivity contribution in [2.75, 3.05) is 33.4 Å². The molecule has 1 heterocycles. The van der Waals surface area contributed by atoms with Crippen LogP contribution in [0.15, 0.2) is 78.9 Å². The van der Waals surface area contributed by atoms with Crippen molar-refractivity contribution in [3.8, 4) is 5.75 Å². The van der Waals surface area contributed by atoms with Crippen LogP contribution in [0.3, 0.4) is 0 Å². The van der Waals surface area contributed by atoms with Crippen LogP contribution in [0.2, 0.25) is 0 Å². The largest absolute Gasteiger partial charge is 0.496 e. The van der Waals surface area contributed by atoms with E-state index in [0.717, 1.165) is 16.7 Å². The molecule has 9 nitrogen and oxygen atoms in total. The van der Waals surface area contributed by atoms with Crippen LogP contribution in [0, 0.1) is 0 Å². The summed E-state index contributed by atoms with van der Waals surface area (Å²) in [4.78, 5) is 54.9. The third-order valence-corrected chi connectivity index (χ3v) is 8.97. The molecule has 0 spiro atoms. The fraction of sp³-hybridized carbons (Fsp3) is 0.389. The Morgan fingerprint density at radius 1 is 0.891 bits per heavy atom. The molecule has 1 aliphatic heterocycles. The summed E-state index contributed by atoms with van der Waals surface area (Å²) in [7, 11) is 1.54. The number of methoxy groups -OCH3 is 1. The molecule has 0 radical (unpaired) electrons. The van der Waals surface area contributed by atoms with Crippen LogP contribution < -0.4 is 15.4 Å². The summed E-state index contributed by atoms with van der Waals surface area (Å²) in [5.41, 5.74) is 2.00. The van der Waals surface area contributed by atoms with E-state index in [9.17, 15) is 19.2 Å². The molecule has 3 amide bonds. The minimum Gasteiger partial charge on any atom is -0.496 e. The highest BCUT2D eigenvalue weighted by molar-refractivity contribution is 7.59. The maximum absolute atomic E-state index is 14.1. The number of carbonyl (C=O) groups is 4. The van der Waals surface area contributed by atoms with Gasteiger partial charge in [-0.15, -0.1) is 0 Å². The van der Waals surface area contributed by atoms with E-state index in [0.29, 0.717) is 56.7 Å². The molecule has 3 aromatic rings. The van der Waals surface area contributed by atoms with E-state index in [4.69, 9.17) is 9.47 Å². The Kier molecular flexibility index (Phi) is 11.9. The van der Waals surface area contributed by atoms with E-state index in [1.54, 1.807) is 32.2 Å². The first kappa shape index (κ1) is 34.6. The van der Waals surface area contributed by atoms with Gasteiger partial charge in [-0.05, 0) is 61.4 Å². The van der Waals surface area contributed by atoms with Crippen LogP contribution in [0.25, 0.3) is 0 Å². The molecule has 1 saturated heterocycles. The molecular weight excluding hydrogens is 602 g/mol. The smallest absolute Gasteiger partial charge is 0.307 e. The van der Waals surface area contributed by atoms with Crippen LogP contribution in [-0.2, 0) is 24.5 Å². The average Bonchev–Trinajstić information content (AvgIpc) is 3.08. The van der Waals surface area contributed by atoms with Crippen molar-refractivity contribution in [3.63, 3.8) is 0 Å². The fourth-order valence-corrected chi connectivity index (χ4v) is 6.71. The number of rotatable bonds is 10. The summed E-state index contributed by atoms with van der Waals surface area (Å²) in [6, 6.07) is 24.5. The summed E-state index contributed by atoms with van der Waals surface area (Å²) in [6.45, 7) is 3.28. The second-order valence-corrected chi connectivity index (χ2v) is 11.5. The molecule has 2 aliphatic rings. The van der Waals surface area contributed by atoms with Gasteiger partial charge in [0.1, 0.15) is 5.75 Å². The van der Waals surface area contributed by atoms with Gasteiger partial charge < -0.3 is 25.0 Å². The van der Waals surface area contributed by atoms with E-state index in [1.165, 1.54) is 0 Å². The topological polar surface area (TPSA) is 114 Å². The number of carbonyl (C=O) groups excluding carboxylic acids is 4. The number of esters is 1. The summed E-state index contributed by atoms with van der Waals surface area (Å²) in [5, 5.41) is 6.10. The van der Waals surface area contributed by atoms with Crippen LogP contribution >= 0.6 is 13.5 Å². The lowest BCUT2D eigenvalue weighted by Crippen LogP contribution is -2.51. The molecule has 0 saturated carbocycles. The summed E-state index contributed by atoms with van der Waals surface area (Å²) in [5.74, 6) is -0.548. The number of hydrogen-bond acceptors (Lipinski definition) is 6. The van der Waals surface area contributed by atoms with E-state index in [-0.39, 0.29) is 62.1 Å². The number of hydrogen-bond donors (Lipinski definition) is 2. The Morgan fingerprint density at radius 3 is 2.28 bits per heavy atom. The van der Waals surface area contributed by atoms with Crippen molar-refractivity contribution in [1.82, 2.24) is 15.5 Å². The minimum atomic E-state index is -1.00. The molecular formula is C36H43N3O6S. The average molecular weight is 646 g/mol. The molecule has 1 aliphatic carbocycles. The van der Waals surface area contributed by atoms with Crippen molar-refractivity contribution in [3.05, 3.63) is 101 Å². The summed E-state index contributed by atoms with van der Waals surface area (Å²) >= 11 is 0. The molecule has 10 heteroatoms. The van der Waals surface area contributed by atoms with Crippen molar-refractivity contribution >= 4 is 37.2 Å². The number of piperidine rings is 1. The van der Waals surface area contributed by atoms with Crippen molar-refractivity contribution in [1.29, 1.82) is 0 Å². The lowest BCUT2D eigenvalue weighted by atomic mass is 9.62. The molecule has 2 N–H and O–H groups in total. The number of fused-ring (bicyclic) bond motifs is 1. The Balaban J connectivity index is 0.00000480. The molecule has 3 aromatic carbocycles. The van der Waals surface area contributed by atoms with Crippen LogP contribution in [0.4, 0.5) is 0 Å². The Bertz CT molecular complexity index is 1520. The standard InChI is InChI=1S/C36H41N3O6.H2S/c1-3-45-32(40)18-22-37-35(43)36(25-11-5-4-6-12-25)21-17-28(27-13-7-9-15-30(27)36)34(42)39-23-19-26(20-24-39)38-33(41)29-14-8-10-16-31(29)44-2;/h4-16,26,28H,3,17-24H2,1-2H3,(H,37,43)(H,38,41);1H2/t28-,36+;/m0./s1. The highest BCUT2D eigenvalue weighted by Crippen LogP contribution is 2.48. The van der Waals surface area contributed by atoms with Gasteiger partial charge in [0.05, 0.1) is 37.0 Å². The number of nitrogens with one attached hydrogen (secondary N) is 2. The first-order valence-corrected chi connectivity index (χ1v) is 15.7. The van der Waals surface area contributed by atoms with Crippen molar-refractivity contribution in [2.24, 2.45) is 0 Å². The number of para-hydroxylation sites is 1. The third kappa shape index (κ3) is 7.22. The molecule has 46 heavy (non-hydrogen) atoms. The van der Waals surface area contributed by atoms with E-state index >= 15 is 0 Å².